The second kappa shape index (κ2) is 57.4. The maximum Gasteiger partial charge on any atom is 0.326 e. The van der Waals surface area contributed by atoms with Gasteiger partial charge in [-0.15, -0.1) is 0 Å². The van der Waals surface area contributed by atoms with Crippen molar-refractivity contribution in [1.82, 2.24) is 79.8 Å². The third kappa shape index (κ3) is 41.9. The topological polar surface area (TPSA) is 731 Å². The molecule has 0 saturated carbocycles. The summed E-state index contributed by atoms with van der Waals surface area (Å²) in [5.74, 6) is -18.7. The Bertz CT molecular complexity index is 3750. The van der Waals surface area contributed by atoms with Crippen LogP contribution in [0.3, 0.4) is 0 Å². The summed E-state index contributed by atoms with van der Waals surface area (Å²) in [5, 5.41) is 82.1. The molecule has 2 aromatic carbocycles. The number of rotatable bonds is 61. The van der Waals surface area contributed by atoms with Crippen LogP contribution in [0.4, 0.5) is 0 Å². The van der Waals surface area contributed by atoms with Gasteiger partial charge in [0.2, 0.25) is 76.8 Å². The second-order valence-electron chi connectivity index (χ2n) is 31.1. The number of primary amides is 1. The summed E-state index contributed by atoms with van der Waals surface area (Å²) in [4.78, 5) is 211. The second-order valence-corrected chi connectivity index (χ2v) is 31.1. The number of carboxylic acid groups (broad SMARTS) is 2. The van der Waals surface area contributed by atoms with Crippen LogP contribution in [0.25, 0.3) is 0 Å². The van der Waals surface area contributed by atoms with Crippen molar-refractivity contribution in [1.29, 1.82) is 16.2 Å². The lowest BCUT2D eigenvalue weighted by Crippen LogP contribution is -2.62. The highest BCUT2D eigenvalue weighted by atomic mass is 16.4. The molecule has 0 heterocycles. The molecule has 122 heavy (non-hydrogen) atoms. The van der Waals surface area contributed by atoms with Gasteiger partial charge in [-0.1, -0.05) is 129 Å². The third-order valence-electron chi connectivity index (χ3n) is 20.0. The number of nitrogens with one attached hydrogen (secondary N) is 18. The Morgan fingerprint density at radius 1 is 0.361 bits per heavy atom. The lowest BCUT2D eigenvalue weighted by atomic mass is 9.95. The van der Waals surface area contributed by atoms with Crippen LogP contribution >= 0.6 is 0 Å². The summed E-state index contributed by atoms with van der Waals surface area (Å²) in [6.45, 7) is 13.8. The Labute approximate surface area is 712 Å². The number of carboxylic acids is 2. The van der Waals surface area contributed by atoms with Crippen LogP contribution in [0.1, 0.15) is 182 Å². The minimum Gasteiger partial charge on any atom is -0.481 e. The average molecular weight is 1720 g/mol. The van der Waals surface area contributed by atoms with E-state index in [-0.39, 0.29) is 140 Å². The van der Waals surface area contributed by atoms with Crippen molar-refractivity contribution in [2.24, 2.45) is 63.8 Å². The van der Waals surface area contributed by atoms with Gasteiger partial charge in [0.1, 0.15) is 72.5 Å². The van der Waals surface area contributed by atoms with Crippen LogP contribution in [-0.4, -0.2) is 228 Å². The Balaban J connectivity index is 2.61. The van der Waals surface area contributed by atoms with Crippen LogP contribution in [0.5, 0.6) is 0 Å². The van der Waals surface area contributed by atoms with Gasteiger partial charge >= 0.3 is 11.9 Å². The first kappa shape index (κ1) is 106. The smallest absolute Gasteiger partial charge is 0.326 e. The first-order valence-corrected chi connectivity index (χ1v) is 41.5. The molecule has 0 aromatic heterocycles. The molecule has 2 aromatic rings. The minimum atomic E-state index is -1.95. The molecule has 42 heteroatoms. The van der Waals surface area contributed by atoms with E-state index < -0.39 is 210 Å². The number of aliphatic carboxylic acids is 2. The van der Waals surface area contributed by atoms with E-state index in [9.17, 15) is 82.1 Å². The summed E-state index contributed by atoms with van der Waals surface area (Å²) >= 11 is 0. The standard InChI is InChI=1S/C80H135N25O17/c1-9-46(7)63(75(119)97-52(29-18-20-36-82)67(111)102-59(43-61(107)108)73(117)101-58(42-49-26-15-12-16-27-49)72(116)100-57(40-44(3)4)71(115)99-56(77(121)122)32-23-39-93-80(89)90)104-69(113)54(31-22-38-92-79(87)88)96-68(112)55(33-34-60(84)106)98-74(118)62(45(5)6)103-76(120)64(47(8)10-2)105-70(114)53(30-21-37-91-78(85)86)95-66(110)51(28-17-19-35-81)94-65(109)50(83)41-48-24-13-11-14-25-48/h11-16,24-27,44-47,50-59,62-64H,9-10,17-23,28-43,81-83H2,1-8H3,(H2,84,106)(H,94,109)(H,95,110)(H,96,112)(H,97,119)(H,98,118)(H,99,115)(H,100,116)(H,101,117)(H,102,111)(H,103,120)(H,104,113)(H,105,114)(H,107,108)(H,121,122)(H4,85,86,91)(H4,87,88,92)(H4,89,90,93)/t46-,47-,50-,51-,52-,53-,54-,55-,56-,57-,58-,59-,62-,63-,64-/m0/s1. The number of unbranched alkanes of at least 4 members (excludes halogenated alkanes) is 2. The molecule has 42 nitrogen and oxygen atoms in total. The molecule has 0 bridgehead atoms. The van der Waals surface area contributed by atoms with E-state index in [0.717, 1.165) is 5.56 Å². The Morgan fingerprint density at radius 3 is 1.06 bits per heavy atom. The van der Waals surface area contributed by atoms with Gasteiger partial charge in [0.05, 0.1) is 12.5 Å². The molecule has 682 valence electrons. The van der Waals surface area contributed by atoms with Gasteiger partial charge in [-0.25, -0.2) is 4.79 Å². The van der Waals surface area contributed by atoms with Crippen molar-refractivity contribution >= 4 is 107 Å². The normalized spacial score (nSPS) is 14.8. The van der Waals surface area contributed by atoms with E-state index in [4.69, 9.17) is 56.4 Å². The molecule has 0 aliphatic rings. The Hall–Kier alpha value is -11.8. The number of hydrogen-bond acceptors (Lipinski definition) is 21. The van der Waals surface area contributed by atoms with Crippen LogP contribution in [0.15, 0.2) is 60.7 Å². The van der Waals surface area contributed by atoms with E-state index in [0.29, 0.717) is 24.8 Å². The molecule has 0 saturated heterocycles. The van der Waals surface area contributed by atoms with Gasteiger partial charge in [-0.3, -0.25) is 83.4 Å². The van der Waals surface area contributed by atoms with E-state index >= 15 is 0 Å². The van der Waals surface area contributed by atoms with Crippen molar-refractivity contribution in [2.45, 2.75) is 262 Å². The molecule has 34 N–H and O–H groups in total. The van der Waals surface area contributed by atoms with E-state index in [1.807, 2.05) is 6.07 Å². The largest absolute Gasteiger partial charge is 0.481 e. The lowest BCUT2D eigenvalue weighted by Gasteiger charge is -2.31. The summed E-state index contributed by atoms with van der Waals surface area (Å²) in [5.41, 5.74) is 41.2. The summed E-state index contributed by atoms with van der Waals surface area (Å²) in [7, 11) is 0. The van der Waals surface area contributed by atoms with Gasteiger partial charge in [-0.2, -0.15) is 0 Å². The molecule has 0 fully saturated rings. The number of benzene rings is 2. The highest BCUT2D eigenvalue weighted by Gasteiger charge is 2.40. The van der Waals surface area contributed by atoms with Crippen molar-refractivity contribution in [3.8, 4) is 0 Å². The molecule has 0 aliphatic carbocycles. The molecule has 0 unspecified atom stereocenters. The minimum absolute atomic E-state index is 0.00941. The quantitative estimate of drug-likeness (QED) is 0.0172. The predicted octanol–water partition coefficient (Wildman–Crippen LogP) is -3.72. The van der Waals surface area contributed by atoms with Crippen LogP contribution in [0.2, 0.25) is 0 Å². The molecular weight excluding hydrogens is 1580 g/mol. The monoisotopic (exact) mass is 1720 g/mol. The predicted molar refractivity (Wildman–Crippen MR) is 456 cm³/mol. The zero-order valence-electron chi connectivity index (χ0n) is 71.3. The zero-order valence-corrected chi connectivity index (χ0v) is 71.3. The average Bonchev–Trinajstić information content (AvgIpc) is 0.846. The third-order valence-corrected chi connectivity index (χ3v) is 20.0. The van der Waals surface area contributed by atoms with E-state index in [1.165, 1.54) is 0 Å². The van der Waals surface area contributed by atoms with Crippen LogP contribution < -0.4 is 120 Å². The molecule has 0 spiro atoms. The SMILES string of the molecule is CC[C@H](C)[C@H](NC(=O)[C@H](CCCNC(=N)N)NC(=O)[C@H](CCC(N)=O)NC(=O)[C@@H](NC(=O)[C@@H](NC(=O)[C@H](CCCNC(=N)N)NC(=O)[C@H](CCCCN)NC(=O)[C@@H](N)Cc1ccccc1)[C@@H](C)CC)C(C)C)C(=O)N[C@@H](CCCCN)C(=O)N[C@@H](CC(=O)O)C(=O)N[C@@H](Cc1ccccc1)C(=O)N[C@@H](CC(C)C)C(=O)N[C@@H](CCCNC(=N)N)C(=O)O. The van der Waals surface area contributed by atoms with Crippen molar-refractivity contribution in [3.05, 3.63) is 71.8 Å². The Morgan fingerprint density at radius 2 is 0.672 bits per heavy atom. The fourth-order valence-electron chi connectivity index (χ4n) is 12.7. The Kier molecular flexibility index (Phi) is 50.0. The molecule has 13 amide bonds. The highest BCUT2D eigenvalue weighted by Crippen LogP contribution is 2.18. The first-order chi connectivity index (χ1) is 57.7. The maximum absolute atomic E-state index is 14.9. The van der Waals surface area contributed by atoms with Crippen LogP contribution in [0, 0.1) is 39.9 Å². The lowest BCUT2D eigenvalue weighted by molar-refractivity contribution is -0.142. The molecular formula is C80H135N25O17. The summed E-state index contributed by atoms with van der Waals surface area (Å²) < 4.78 is 0. The van der Waals surface area contributed by atoms with Gasteiger partial charge in [0.25, 0.3) is 0 Å². The molecule has 0 aliphatic heterocycles. The summed E-state index contributed by atoms with van der Waals surface area (Å²) in [6.07, 6.45) is -0.517. The first-order valence-electron chi connectivity index (χ1n) is 41.5. The van der Waals surface area contributed by atoms with Gasteiger partial charge in [0.15, 0.2) is 17.9 Å². The zero-order chi connectivity index (χ0) is 91.7. The van der Waals surface area contributed by atoms with Gasteiger partial charge in [0, 0.05) is 32.5 Å². The number of amides is 13. The van der Waals surface area contributed by atoms with Gasteiger partial charge < -0.3 is 130 Å². The fraction of sp³-hybridized carbons (Fsp3) is 0.625. The highest BCUT2D eigenvalue weighted by molar-refractivity contribution is 6.01. The van der Waals surface area contributed by atoms with Crippen molar-refractivity contribution in [3.63, 3.8) is 0 Å². The molecule has 0 radical (unpaired) electrons. The summed E-state index contributed by atoms with van der Waals surface area (Å²) in [6, 6.07) is -2.03. The molecule has 2 rings (SSSR count). The number of carbonyl (C=O) groups excluding carboxylic acids is 13. The van der Waals surface area contributed by atoms with Crippen LogP contribution in [-0.2, 0) is 84.8 Å². The number of guanidine groups is 3. The number of nitrogens with two attached hydrogens (primary N) is 7. The van der Waals surface area contributed by atoms with Crippen molar-refractivity contribution < 1.29 is 82.1 Å². The van der Waals surface area contributed by atoms with E-state index in [1.54, 1.807) is 110 Å². The molecule has 15 atom stereocenters. The van der Waals surface area contributed by atoms with Crippen molar-refractivity contribution in [2.75, 3.05) is 32.7 Å². The van der Waals surface area contributed by atoms with Gasteiger partial charge in [-0.05, 0) is 144 Å². The maximum atomic E-state index is 14.9. The van der Waals surface area contributed by atoms with E-state index in [2.05, 4.69) is 79.8 Å². The number of hydrogen-bond donors (Lipinski definition) is 27. The number of carbonyl (C=O) groups is 15. The fourth-order valence-corrected chi connectivity index (χ4v) is 12.7.